The fourth-order valence-corrected chi connectivity index (χ4v) is 2.62. The number of rotatable bonds is 4. The average molecular weight is 265 g/mol. The van der Waals surface area contributed by atoms with E-state index in [1.807, 2.05) is 0 Å². The van der Waals surface area contributed by atoms with E-state index in [-0.39, 0.29) is 23.7 Å². The van der Waals surface area contributed by atoms with E-state index in [1.165, 1.54) is 6.07 Å². The molecular weight excluding hydrogens is 245 g/mol. The molecule has 0 atom stereocenters. The lowest BCUT2D eigenvalue weighted by Crippen LogP contribution is -2.38. The van der Waals surface area contributed by atoms with Crippen LogP contribution >= 0.6 is 0 Å². The van der Waals surface area contributed by atoms with Gasteiger partial charge in [-0.1, -0.05) is 18.9 Å². The second-order valence-electron chi connectivity index (χ2n) is 5.51. The minimum absolute atomic E-state index is 0.0928. The number of amides is 1. The first kappa shape index (κ1) is 14.0. The van der Waals surface area contributed by atoms with Crippen LogP contribution in [0.4, 0.5) is 4.39 Å². The SMILES string of the molecule is Cc1ccc(C(=O)NCC2(CO)CCCC2)cc1F. The Bertz CT molecular complexity index is 467. The van der Waals surface area contributed by atoms with Crippen LogP contribution in [-0.2, 0) is 0 Å². The Hall–Kier alpha value is -1.42. The van der Waals surface area contributed by atoms with Crippen molar-refractivity contribution in [2.45, 2.75) is 32.6 Å². The normalized spacial score (nSPS) is 17.4. The van der Waals surface area contributed by atoms with Crippen LogP contribution < -0.4 is 5.32 Å². The first-order chi connectivity index (χ1) is 9.06. The zero-order valence-electron chi connectivity index (χ0n) is 11.2. The van der Waals surface area contributed by atoms with E-state index in [4.69, 9.17) is 0 Å². The van der Waals surface area contributed by atoms with Crippen LogP contribution in [0, 0.1) is 18.2 Å². The van der Waals surface area contributed by atoms with Crippen molar-refractivity contribution in [2.75, 3.05) is 13.2 Å². The van der Waals surface area contributed by atoms with Crippen LogP contribution in [0.1, 0.15) is 41.6 Å². The number of nitrogens with one attached hydrogen (secondary N) is 1. The molecule has 2 N–H and O–H groups in total. The molecule has 2 rings (SSSR count). The summed E-state index contributed by atoms with van der Waals surface area (Å²) in [7, 11) is 0. The number of halogens is 1. The fourth-order valence-electron chi connectivity index (χ4n) is 2.62. The summed E-state index contributed by atoms with van der Waals surface area (Å²) in [6, 6.07) is 4.47. The third kappa shape index (κ3) is 3.13. The van der Waals surface area contributed by atoms with Gasteiger partial charge in [-0.25, -0.2) is 4.39 Å². The molecule has 104 valence electrons. The molecule has 3 nitrogen and oxygen atoms in total. The van der Waals surface area contributed by atoms with E-state index in [0.717, 1.165) is 25.7 Å². The lowest BCUT2D eigenvalue weighted by Gasteiger charge is -2.26. The maximum Gasteiger partial charge on any atom is 0.251 e. The summed E-state index contributed by atoms with van der Waals surface area (Å²) in [5.41, 5.74) is 0.673. The first-order valence-corrected chi connectivity index (χ1v) is 6.72. The largest absolute Gasteiger partial charge is 0.396 e. The van der Waals surface area contributed by atoms with Gasteiger partial charge in [0.05, 0.1) is 6.61 Å². The number of benzene rings is 1. The first-order valence-electron chi connectivity index (χ1n) is 6.72. The van der Waals surface area contributed by atoms with Crippen molar-refractivity contribution < 1.29 is 14.3 Å². The van der Waals surface area contributed by atoms with Crippen molar-refractivity contribution in [1.29, 1.82) is 0 Å². The molecule has 1 saturated carbocycles. The van der Waals surface area contributed by atoms with E-state index in [2.05, 4.69) is 5.32 Å². The Morgan fingerprint density at radius 2 is 2.11 bits per heavy atom. The number of carbonyl (C=O) groups is 1. The lowest BCUT2D eigenvalue weighted by molar-refractivity contribution is 0.0880. The smallest absolute Gasteiger partial charge is 0.251 e. The second-order valence-corrected chi connectivity index (χ2v) is 5.51. The van der Waals surface area contributed by atoms with Gasteiger partial charge in [-0.15, -0.1) is 0 Å². The maximum absolute atomic E-state index is 13.4. The van der Waals surface area contributed by atoms with Crippen LogP contribution in [0.25, 0.3) is 0 Å². The van der Waals surface area contributed by atoms with E-state index >= 15 is 0 Å². The highest BCUT2D eigenvalue weighted by atomic mass is 19.1. The van der Waals surface area contributed by atoms with Gasteiger partial charge in [0, 0.05) is 17.5 Å². The Morgan fingerprint density at radius 1 is 1.42 bits per heavy atom. The Kier molecular flexibility index (Phi) is 4.20. The summed E-state index contributed by atoms with van der Waals surface area (Å²) in [4.78, 5) is 12.0. The van der Waals surface area contributed by atoms with Gasteiger partial charge in [0.2, 0.25) is 0 Å². The predicted molar refractivity (Wildman–Crippen MR) is 71.5 cm³/mol. The number of hydrogen-bond donors (Lipinski definition) is 2. The van der Waals surface area contributed by atoms with Crippen molar-refractivity contribution in [3.63, 3.8) is 0 Å². The molecule has 0 spiro atoms. The Labute approximate surface area is 112 Å². The average Bonchev–Trinajstić information content (AvgIpc) is 2.89. The minimum atomic E-state index is -0.370. The molecule has 1 aromatic carbocycles. The van der Waals surface area contributed by atoms with Crippen LogP contribution in [0.3, 0.4) is 0 Å². The highest BCUT2D eigenvalue weighted by Gasteiger charge is 2.33. The monoisotopic (exact) mass is 265 g/mol. The quantitative estimate of drug-likeness (QED) is 0.878. The van der Waals surface area contributed by atoms with Gasteiger partial charge in [-0.2, -0.15) is 0 Å². The van der Waals surface area contributed by atoms with Gasteiger partial charge in [-0.3, -0.25) is 4.79 Å². The number of carbonyl (C=O) groups excluding carboxylic acids is 1. The lowest BCUT2D eigenvalue weighted by atomic mass is 9.87. The summed E-state index contributed by atoms with van der Waals surface area (Å²) >= 11 is 0. The molecule has 1 aliphatic rings. The van der Waals surface area contributed by atoms with Gasteiger partial charge < -0.3 is 10.4 Å². The molecular formula is C15H20FNO2. The molecule has 1 aromatic rings. The highest BCUT2D eigenvalue weighted by Crippen LogP contribution is 2.36. The van der Waals surface area contributed by atoms with Gasteiger partial charge in [-0.05, 0) is 37.5 Å². The molecule has 1 aliphatic carbocycles. The Balaban J connectivity index is 1.99. The standard InChI is InChI=1S/C15H20FNO2/c1-11-4-5-12(8-13(11)16)14(19)17-9-15(10-18)6-2-3-7-15/h4-5,8,18H,2-3,6-7,9-10H2,1H3,(H,17,19). The topological polar surface area (TPSA) is 49.3 Å². The predicted octanol–water partition coefficient (Wildman–Crippen LogP) is 2.42. The summed E-state index contributed by atoms with van der Waals surface area (Å²) in [5, 5.41) is 12.3. The van der Waals surface area contributed by atoms with Crippen LogP contribution in [0.2, 0.25) is 0 Å². The van der Waals surface area contributed by atoms with Crippen molar-refractivity contribution in [2.24, 2.45) is 5.41 Å². The summed E-state index contributed by atoms with van der Waals surface area (Å²) in [6.07, 6.45) is 4.06. The number of aryl methyl sites for hydroxylation is 1. The summed E-state index contributed by atoms with van der Waals surface area (Å²) < 4.78 is 13.4. The molecule has 0 radical (unpaired) electrons. The zero-order valence-corrected chi connectivity index (χ0v) is 11.2. The molecule has 0 aliphatic heterocycles. The van der Waals surface area contributed by atoms with E-state index < -0.39 is 0 Å². The van der Waals surface area contributed by atoms with Crippen molar-refractivity contribution in [3.05, 3.63) is 35.1 Å². The molecule has 1 amide bonds. The van der Waals surface area contributed by atoms with E-state index in [1.54, 1.807) is 19.1 Å². The van der Waals surface area contributed by atoms with Crippen LogP contribution in [-0.4, -0.2) is 24.2 Å². The molecule has 19 heavy (non-hydrogen) atoms. The van der Waals surface area contributed by atoms with Gasteiger partial charge in [0.25, 0.3) is 5.91 Å². The second kappa shape index (κ2) is 5.70. The molecule has 4 heteroatoms. The Morgan fingerprint density at radius 3 is 2.68 bits per heavy atom. The van der Waals surface area contributed by atoms with Gasteiger partial charge in [0.15, 0.2) is 0 Å². The van der Waals surface area contributed by atoms with E-state index in [0.29, 0.717) is 17.7 Å². The molecule has 0 heterocycles. The number of aliphatic hydroxyl groups is 1. The molecule has 0 unspecified atom stereocenters. The summed E-state index contributed by atoms with van der Waals surface area (Å²) in [5.74, 6) is -0.649. The van der Waals surface area contributed by atoms with E-state index in [9.17, 15) is 14.3 Å². The van der Waals surface area contributed by atoms with Gasteiger partial charge in [0.1, 0.15) is 5.82 Å². The highest BCUT2D eigenvalue weighted by molar-refractivity contribution is 5.94. The number of hydrogen-bond acceptors (Lipinski definition) is 2. The van der Waals surface area contributed by atoms with Crippen molar-refractivity contribution >= 4 is 5.91 Å². The van der Waals surface area contributed by atoms with Crippen molar-refractivity contribution in [3.8, 4) is 0 Å². The number of aliphatic hydroxyl groups excluding tert-OH is 1. The van der Waals surface area contributed by atoms with Crippen LogP contribution in [0.5, 0.6) is 0 Å². The third-order valence-corrected chi connectivity index (χ3v) is 4.06. The van der Waals surface area contributed by atoms with Crippen LogP contribution in [0.15, 0.2) is 18.2 Å². The maximum atomic E-state index is 13.4. The zero-order chi connectivity index (χ0) is 13.9. The van der Waals surface area contributed by atoms with Gasteiger partial charge >= 0.3 is 0 Å². The molecule has 0 bridgehead atoms. The molecule has 1 fully saturated rings. The molecule has 0 aromatic heterocycles. The van der Waals surface area contributed by atoms with Crippen molar-refractivity contribution in [1.82, 2.24) is 5.32 Å². The molecule has 0 saturated heterocycles. The fraction of sp³-hybridized carbons (Fsp3) is 0.533. The summed E-state index contributed by atoms with van der Waals surface area (Å²) in [6.45, 7) is 2.21. The third-order valence-electron chi connectivity index (χ3n) is 4.06. The minimum Gasteiger partial charge on any atom is -0.396 e.